The first-order chi connectivity index (χ1) is 11.5. The van der Waals surface area contributed by atoms with Crippen LogP contribution in [-0.2, 0) is 0 Å². The van der Waals surface area contributed by atoms with E-state index in [1.54, 1.807) is 43.3 Å². The van der Waals surface area contributed by atoms with E-state index in [-0.39, 0.29) is 11.9 Å². The lowest BCUT2D eigenvalue weighted by molar-refractivity contribution is 0.141. The molecule has 3 aromatic rings. The molecule has 0 aliphatic rings. The summed E-state index contributed by atoms with van der Waals surface area (Å²) in [6.45, 7) is 3.51. The van der Waals surface area contributed by atoms with Crippen LogP contribution in [0.3, 0.4) is 0 Å². The van der Waals surface area contributed by atoms with E-state index >= 15 is 0 Å². The molecule has 3 nitrogen and oxygen atoms in total. The number of halogens is 3. The molecule has 24 heavy (non-hydrogen) atoms. The summed E-state index contributed by atoms with van der Waals surface area (Å²) in [5.41, 5.74) is 1.70. The number of para-hydroxylation sites is 1. The molecule has 0 aliphatic carbocycles. The van der Waals surface area contributed by atoms with E-state index in [1.807, 2.05) is 6.92 Å². The fourth-order valence-electron chi connectivity index (χ4n) is 2.47. The van der Waals surface area contributed by atoms with Gasteiger partial charge in [0, 0.05) is 5.39 Å². The molecule has 1 N–H and O–H groups in total. The summed E-state index contributed by atoms with van der Waals surface area (Å²) in [5, 5.41) is 3.73. The van der Waals surface area contributed by atoms with Crippen molar-refractivity contribution in [2.45, 2.75) is 26.3 Å². The minimum atomic E-state index is -2.76. The van der Waals surface area contributed by atoms with Crippen molar-refractivity contribution in [3.05, 3.63) is 65.2 Å². The zero-order valence-corrected chi connectivity index (χ0v) is 13.2. The van der Waals surface area contributed by atoms with Gasteiger partial charge >= 0.3 is 0 Å². The van der Waals surface area contributed by atoms with Gasteiger partial charge in [-0.25, -0.2) is 23.1 Å². The van der Waals surface area contributed by atoms with Gasteiger partial charge in [0.1, 0.15) is 11.6 Å². The Balaban J connectivity index is 2.00. The van der Waals surface area contributed by atoms with Crippen LogP contribution in [0.1, 0.15) is 36.3 Å². The second-order valence-corrected chi connectivity index (χ2v) is 5.62. The van der Waals surface area contributed by atoms with E-state index in [2.05, 4.69) is 15.3 Å². The van der Waals surface area contributed by atoms with Crippen LogP contribution in [0.4, 0.5) is 19.0 Å². The highest BCUT2D eigenvalue weighted by molar-refractivity contribution is 5.89. The van der Waals surface area contributed by atoms with E-state index in [4.69, 9.17) is 0 Å². The number of nitrogens with one attached hydrogen (secondary N) is 1. The SMILES string of the molecule is Cc1ccc(C(C)Nc2nc(C(F)F)nc3ccccc23)cc1F. The largest absolute Gasteiger partial charge is 0.363 e. The van der Waals surface area contributed by atoms with Crippen molar-refractivity contribution < 1.29 is 13.2 Å². The van der Waals surface area contributed by atoms with Crippen LogP contribution in [0, 0.1) is 12.7 Å². The molecule has 0 spiro atoms. The highest BCUT2D eigenvalue weighted by Gasteiger charge is 2.17. The third-order valence-electron chi connectivity index (χ3n) is 3.86. The smallest absolute Gasteiger partial charge is 0.297 e. The molecule has 0 bridgehead atoms. The Bertz CT molecular complexity index is 881. The monoisotopic (exact) mass is 331 g/mol. The van der Waals surface area contributed by atoms with Crippen LogP contribution < -0.4 is 5.32 Å². The molecule has 3 rings (SSSR count). The number of aryl methyl sites for hydroxylation is 1. The van der Waals surface area contributed by atoms with Gasteiger partial charge in [-0.2, -0.15) is 0 Å². The summed E-state index contributed by atoms with van der Waals surface area (Å²) in [5.74, 6) is -0.523. The number of hydrogen-bond donors (Lipinski definition) is 1. The van der Waals surface area contributed by atoms with Crippen molar-refractivity contribution in [1.29, 1.82) is 0 Å². The van der Waals surface area contributed by atoms with Gasteiger partial charge < -0.3 is 5.32 Å². The molecular formula is C18H16F3N3. The lowest BCUT2D eigenvalue weighted by Crippen LogP contribution is -2.11. The van der Waals surface area contributed by atoms with Gasteiger partial charge in [0.2, 0.25) is 0 Å². The molecule has 0 saturated carbocycles. The lowest BCUT2D eigenvalue weighted by Gasteiger charge is -2.17. The number of aromatic nitrogens is 2. The number of alkyl halides is 2. The number of hydrogen-bond acceptors (Lipinski definition) is 3. The van der Waals surface area contributed by atoms with Crippen LogP contribution in [-0.4, -0.2) is 9.97 Å². The minimum Gasteiger partial charge on any atom is -0.363 e. The first-order valence-corrected chi connectivity index (χ1v) is 7.53. The summed E-state index contributed by atoms with van der Waals surface area (Å²) in [7, 11) is 0. The van der Waals surface area contributed by atoms with Gasteiger partial charge in [0.15, 0.2) is 5.82 Å². The Morgan fingerprint density at radius 3 is 2.50 bits per heavy atom. The lowest BCUT2D eigenvalue weighted by atomic mass is 10.1. The Morgan fingerprint density at radius 1 is 1.04 bits per heavy atom. The Labute approximate surface area is 137 Å². The maximum Gasteiger partial charge on any atom is 0.297 e. The first-order valence-electron chi connectivity index (χ1n) is 7.53. The number of benzene rings is 2. The van der Waals surface area contributed by atoms with Crippen molar-refractivity contribution in [2.75, 3.05) is 5.32 Å². The third kappa shape index (κ3) is 3.18. The molecular weight excluding hydrogens is 315 g/mol. The minimum absolute atomic E-state index is 0.302. The molecule has 6 heteroatoms. The molecule has 0 fully saturated rings. The summed E-state index contributed by atoms with van der Waals surface area (Å²) < 4.78 is 39.8. The number of rotatable bonds is 4. The summed E-state index contributed by atoms with van der Waals surface area (Å²) >= 11 is 0. The van der Waals surface area contributed by atoms with Gasteiger partial charge in [-0.1, -0.05) is 24.3 Å². The quantitative estimate of drug-likeness (QED) is 0.715. The predicted molar refractivity (Wildman–Crippen MR) is 87.7 cm³/mol. The van der Waals surface area contributed by atoms with E-state index in [1.165, 1.54) is 6.07 Å². The zero-order chi connectivity index (χ0) is 17.3. The second-order valence-electron chi connectivity index (χ2n) is 5.62. The molecule has 0 aliphatic heterocycles. The summed E-state index contributed by atoms with van der Waals surface area (Å²) in [4.78, 5) is 7.82. The molecule has 1 atom stereocenters. The summed E-state index contributed by atoms with van der Waals surface area (Å²) in [6.07, 6.45) is -2.76. The van der Waals surface area contributed by atoms with Gasteiger partial charge in [0.25, 0.3) is 6.43 Å². The summed E-state index contributed by atoms with van der Waals surface area (Å²) in [6, 6.07) is 11.6. The number of nitrogens with zero attached hydrogens (tertiary/aromatic N) is 2. The molecule has 1 aromatic heterocycles. The fourth-order valence-corrected chi connectivity index (χ4v) is 2.47. The average molecular weight is 331 g/mol. The number of anilines is 1. The molecule has 124 valence electrons. The first kappa shape index (κ1) is 16.2. The van der Waals surface area contributed by atoms with Gasteiger partial charge in [-0.15, -0.1) is 0 Å². The van der Waals surface area contributed by atoms with Crippen LogP contribution in [0.2, 0.25) is 0 Å². The maximum absolute atomic E-state index is 13.7. The van der Waals surface area contributed by atoms with Crippen molar-refractivity contribution in [1.82, 2.24) is 9.97 Å². The van der Waals surface area contributed by atoms with Crippen LogP contribution >= 0.6 is 0 Å². The highest BCUT2D eigenvalue weighted by atomic mass is 19.3. The molecule has 0 amide bonds. The normalized spacial score (nSPS) is 12.6. The van der Waals surface area contributed by atoms with Crippen LogP contribution in [0.15, 0.2) is 42.5 Å². The Kier molecular flexibility index (Phi) is 4.38. The van der Waals surface area contributed by atoms with E-state index in [9.17, 15) is 13.2 Å². The fraction of sp³-hybridized carbons (Fsp3) is 0.222. The molecule has 0 radical (unpaired) electrons. The van der Waals surface area contributed by atoms with E-state index < -0.39 is 12.2 Å². The molecule has 1 unspecified atom stereocenters. The van der Waals surface area contributed by atoms with Crippen LogP contribution in [0.25, 0.3) is 10.9 Å². The highest BCUT2D eigenvalue weighted by Crippen LogP contribution is 2.27. The Morgan fingerprint density at radius 2 is 1.79 bits per heavy atom. The number of fused-ring (bicyclic) bond motifs is 1. The molecule has 2 aromatic carbocycles. The van der Waals surface area contributed by atoms with Gasteiger partial charge in [-0.05, 0) is 43.2 Å². The van der Waals surface area contributed by atoms with Crippen molar-refractivity contribution >= 4 is 16.7 Å². The third-order valence-corrected chi connectivity index (χ3v) is 3.86. The second kappa shape index (κ2) is 6.47. The van der Waals surface area contributed by atoms with Crippen molar-refractivity contribution in [3.63, 3.8) is 0 Å². The van der Waals surface area contributed by atoms with E-state index in [0.717, 1.165) is 0 Å². The van der Waals surface area contributed by atoms with Crippen molar-refractivity contribution in [2.24, 2.45) is 0 Å². The van der Waals surface area contributed by atoms with Crippen molar-refractivity contribution in [3.8, 4) is 0 Å². The van der Waals surface area contributed by atoms with Crippen LogP contribution in [0.5, 0.6) is 0 Å². The molecule has 1 heterocycles. The maximum atomic E-state index is 13.7. The van der Waals surface area contributed by atoms with E-state index in [0.29, 0.717) is 27.8 Å². The predicted octanol–water partition coefficient (Wildman–Crippen LogP) is 5.19. The van der Waals surface area contributed by atoms with Gasteiger partial charge in [-0.3, -0.25) is 0 Å². The topological polar surface area (TPSA) is 37.8 Å². The standard InChI is InChI=1S/C18H16F3N3/c1-10-7-8-12(9-14(10)19)11(2)22-17-13-5-3-4-6-15(13)23-18(24-17)16(20)21/h3-9,11,16H,1-2H3,(H,22,23,24). The van der Waals surface area contributed by atoms with Gasteiger partial charge in [0.05, 0.1) is 11.6 Å². The average Bonchev–Trinajstić information content (AvgIpc) is 2.57. The Hall–Kier alpha value is -2.63. The zero-order valence-electron chi connectivity index (χ0n) is 13.2. The molecule has 0 saturated heterocycles.